The van der Waals surface area contributed by atoms with E-state index in [-0.39, 0.29) is 86.6 Å². The van der Waals surface area contributed by atoms with Gasteiger partial charge in [-0.05, 0) is 203 Å². The SMILES string of the molecule is CC(C)(C)CC(C)(C)c1ccc(C(C)(C)CC(C)(C)C)c([Si](O[Si](c2cc(C(C)(C)CC(C)(C)C)ccc2C(C)(C)CC(C)(C)C)c2cc(C(C)(C)CC(C)(C)C)ccc2C(C)(C)CC(C)(C)C)c2cc(C(C)(C)CC(C)(C)C)ccc2C(C)(C)CC(C)(C)C)c1. The molecule has 0 aliphatic rings. The van der Waals surface area contributed by atoms with E-state index in [2.05, 4.69) is 350 Å². The van der Waals surface area contributed by atoms with Crippen LogP contribution in [0.15, 0.2) is 72.8 Å². The fourth-order valence-electron chi connectivity index (χ4n) is 19.0. The van der Waals surface area contributed by atoms with E-state index in [0.29, 0.717) is 0 Å². The van der Waals surface area contributed by atoms with Crippen molar-refractivity contribution in [2.24, 2.45) is 43.3 Å². The zero-order valence-corrected chi connectivity index (χ0v) is 70.0. The van der Waals surface area contributed by atoms with Crippen LogP contribution in [0, 0.1) is 43.3 Å². The van der Waals surface area contributed by atoms with Gasteiger partial charge in [0.1, 0.15) is 0 Å². The summed E-state index contributed by atoms with van der Waals surface area (Å²) in [6, 6.07) is 31.7. The van der Waals surface area contributed by atoms with Crippen LogP contribution in [0.3, 0.4) is 0 Å². The van der Waals surface area contributed by atoms with Crippen molar-refractivity contribution in [3.63, 3.8) is 0 Å². The molecule has 2 radical (unpaired) electrons. The van der Waals surface area contributed by atoms with Gasteiger partial charge in [0, 0.05) is 0 Å². The van der Waals surface area contributed by atoms with Crippen LogP contribution in [-0.2, 0) is 47.4 Å². The first-order chi connectivity index (χ1) is 40.0. The zero-order chi connectivity index (χ0) is 70.9. The van der Waals surface area contributed by atoms with E-state index in [1.807, 2.05) is 0 Å². The topological polar surface area (TPSA) is 9.23 Å². The highest BCUT2D eigenvalue weighted by molar-refractivity contribution is 6.92. The summed E-state index contributed by atoms with van der Waals surface area (Å²) in [5.74, 6) is 0. The van der Waals surface area contributed by atoms with E-state index in [1.165, 1.54) is 65.3 Å². The molecule has 0 aromatic heterocycles. The number of hydrogen-bond acceptors (Lipinski definition) is 1. The summed E-state index contributed by atoms with van der Waals surface area (Å²) < 4.78 is 9.54. The van der Waals surface area contributed by atoms with Gasteiger partial charge in [-0.15, -0.1) is 0 Å². The van der Waals surface area contributed by atoms with Crippen molar-refractivity contribution in [1.29, 1.82) is 0 Å². The largest absolute Gasteiger partial charge is 0.442 e. The average Bonchev–Trinajstić information content (AvgIpc) is 0.743. The second-order valence-electron chi connectivity index (χ2n) is 44.8. The second kappa shape index (κ2) is 26.6. The lowest BCUT2D eigenvalue weighted by Crippen LogP contribution is -2.61. The normalized spacial score (nSPS) is 15.0. The standard InChI is InChI=1S/C88H148OSi2/c1-73(2,3)53-81(25,26)61-41-45-65(85(33,34)57-77(13,14)15)69(49-61)90(70-50-62(82(27,28)54-74(4,5)6)42-46-66(70)86(35,36)58-78(16,17)18)89-91(71-51-63(83(29,30)55-75(7,8)9)43-47-67(71)87(37,38)59-79(19,20)21)72-52-64(84(31,32)56-76(10,11)12)44-48-68(72)88(39,40)60-80(22,23)24/h41-52H,53-60H2,1-40H3. The van der Waals surface area contributed by atoms with Crippen LogP contribution >= 0.6 is 0 Å². The van der Waals surface area contributed by atoms with Crippen LogP contribution < -0.4 is 20.7 Å². The summed E-state index contributed by atoms with van der Waals surface area (Å²) in [5, 5.41) is 5.78. The van der Waals surface area contributed by atoms with Gasteiger partial charge in [-0.3, -0.25) is 0 Å². The molecule has 4 rings (SSSR count). The Hall–Kier alpha value is -2.73. The minimum absolute atomic E-state index is 0.0755. The molecule has 0 saturated carbocycles. The van der Waals surface area contributed by atoms with E-state index < -0.39 is 18.1 Å². The zero-order valence-electron chi connectivity index (χ0n) is 68.0. The molecule has 0 atom stereocenters. The molecule has 0 saturated heterocycles. The Morgan fingerprint density at radius 2 is 0.330 bits per heavy atom. The van der Waals surface area contributed by atoms with Crippen molar-refractivity contribution in [3.05, 3.63) is 117 Å². The van der Waals surface area contributed by atoms with Gasteiger partial charge in [0.2, 0.25) is 0 Å². The molecule has 0 bridgehead atoms. The second-order valence-corrected chi connectivity index (χ2v) is 49.1. The van der Waals surface area contributed by atoms with Gasteiger partial charge >= 0.3 is 0 Å². The molecule has 0 heterocycles. The van der Waals surface area contributed by atoms with E-state index >= 15 is 0 Å². The predicted molar refractivity (Wildman–Crippen MR) is 414 cm³/mol. The molecule has 0 spiro atoms. The van der Waals surface area contributed by atoms with Crippen molar-refractivity contribution in [2.75, 3.05) is 0 Å². The van der Waals surface area contributed by atoms with Crippen LogP contribution in [0.25, 0.3) is 0 Å². The average molecular weight is 1280 g/mol. The van der Waals surface area contributed by atoms with E-state index in [9.17, 15) is 4.12 Å². The molecule has 0 aliphatic heterocycles. The van der Waals surface area contributed by atoms with Crippen LogP contribution in [0.2, 0.25) is 0 Å². The van der Waals surface area contributed by atoms with Crippen LogP contribution in [-0.4, -0.2) is 18.1 Å². The smallest absolute Gasteiger partial charge is 0.273 e. The van der Waals surface area contributed by atoms with Gasteiger partial charge < -0.3 is 4.12 Å². The lowest BCUT2D eigenvalue weighted by atomic mass is 9.69. The highest BCUT2D eigenvalue weighted by atomic mass is 28.4. The molecule has 0 unspecified atom stereocenters. The molecule has 91 heavy (non-hydrogen) atoms. The Morgan fingerprint density at radius 3 is 0.462 bits per heavy atom. The Balaban J connectivity index is 2.72. The summed E-state index contributed by atoms with van der Waals surface area (Å²) in [7, 11) is -4.55. The molecule has 0 fully saturated rings. The Labute approximate surface area is 571 Å². The van der Waals surface area contributed by atoms with Crippen LogP contribution in [0.1, 0.15) is 373 Å². The molecule has 0 N–H and O–H groups in total. The summed E-state index contributed by atoms with van der Waals surface area (Å²) in [6.45, 7) is 99.4. The van der Waals surface area contributed by atoms with E-state index in [4.69, 9.17) is 0 Å². The lowest BCUT2D eigenvalue weighted by molar-refractivity contribution is 0.280. The highest BCUT2D eigenvalue weighted by Crippen LogP contribution is 2.46. The Morgan fingerprint density at radius 1 is 0.198 bits per heavy atom. The number of benzene rings is 4. The van der Waals surface area contributed by atoms with E-state index in [0.717, 1.165) is 51.4 Å². The number of hydrogen-bond donors (Lipinski definition) is 0. The molecule has 1 nitrogen and oxygen atoms in total. The minimum Gasteiger partial charge on any atom is -0.442 e. The first kappa shape index (κ1) is 80.7. The molecule has 514 valence electrons. The van der Waals surface area contributed by atoms with Crippen molar-refractivity contribution in [3.8, 4) is 0 Å². The van der Waals surface area contributed by atoms with Gasteiger partial charge in [0.05, 0.1) is 0 Å². The van der Waals surface area contributed by atoms with Crippen molar-refractivity contribution < 1.29 is 4.12 Å². The third-order valence-corrected chi connectivity index (χ3v) is 24.3. The summed E-state index contributed by atoms with van der Waals surface area (Å²) >= 11 is 0. The van der Waals surface area contributed by atoms with Gasteiger partial charge in [-0.25, -0.2) is 0 Å². The summed E-state index contributed by atoms with van der Waals surface area (Å²) in [6.07, 6.45) is 8.42. The van der Waals surface area contributed by atoms with Gasteiger partial charge in [0.25, 0.3) is 18.1 Å². The number of rotatable bonds is 22. The third kappa shape index (κ3) is 23.2. The molecule has 4 aromatic rings. The molecule has 4 aromatic carbocycles. The molecular weight excluding hydrogens is 1130 g/mol. The van der Waals surface area contributed by atoms with Crippen molar-refractivity contribution in [2.45, 2.75) is 372 Å². The van der Waals surface area contributed by atoms with Crippen LogP contribution in [0.5, 0.6) is 0 Å². The minimum atomic E-state index is -2.27. The predicted octanol–water partition coefficient (Wildman–Crippen LogP) is 24.3. The fourth-order valence-corrected chi connectivity index (χ4v) is 25.9. The highest BCUT2D eigenvalue weighted by Gasteiger charge is 2.46. The van der Waals surface area contributed by atoms with E-state index in [1.54, 1.807) is 0 Å². The Bertz CT molecular complexity index is 2670. The maximum absolute atomic E-state index is 9.54. The van der Waals surface area contributed by atoms with Crippen LogP contribution in [0.4, 0.5) is 0 Å². The molecule has 0 amide bonds. The summed E-state index contributed by atoms with van der Waals surface area (Å²) in [4.78, 5) is 0. The molecule has 0 aliphatic carbocycles. The maximum Gasteiger partial charge on any atom is 0.273 e. The van der Waals surface area contributed by atoms with Gasteiger partial charge in [-0.2, -0.15) is 0 Å². The quantitative estimate of drug-likeness (QED) is 0.0713. The van der Waals surface area contributed by atoms with Gasteiger partial charge in [0.15, 0.2) is 0 Å². The fraction of sp³-hybridized carbons (Fsp3) is 0.727. The Kier molecular flexibility index (Phi) is 23.6. The first-order valence-corrected chi connectivity index (χ1v) is 38.8. The lowest BCUT2D eigenvalue weighted by Gasteiger charge is -2.42. The first-order valence-electron chi connectivity index (χ1n) is 36.0. The molecular formula is C88H148OSi2. The monoisotopic (exact) mass is 1280 g/mol. The summed E-state index contributed by atoms with van der Waals surface area (Å²) in [5.41, 5.74) is 11.1. The van der Waals surface area contributed by atoms with Crippen molar-refractivity contribution in [1.82, 2.24) is 0 Å². The maximum atomic E-state index is 9.54. The van der Waals surface area contributed by atoms with Gasteiger partial charge in [-0.1, -0.05) is 350 Å². The third-order valence-electron chi connectivity index (χ3n) is 19.1. The molecule has 3 heteroatoms. The van der Waals surface area contributed by atoms with Crippen molar-refractivity contribution >= 4 is 38.8 Å².